The Morgan fingerprint density at radius 1 is 1.11 bits per heavy atom. The molecular formula is C21H25NO5. The van der Waals surface area contributed by atoms with Gasteiger partial charge in [-0.3, -0.25) is 9.59 Å². The molecule has 1 unspecified atom stereocenters. The number of carbonyl (C=O) groups excluding carboxylic acids is 1. The van der Waals surface area contributed by atoms with Gasteiger partial charge in [-0.1, -0.05) is 26.0 Å². The van der Waals surface area contributed by atoms with E-state index in [4.69, 9.17) is 14.6 Å². The summed E-state index contributed by atoms with van der Waals surface area (Å²) < 4.78 is 11.0. The minimum atomic E-state index is -0.919. The molecule has 2 N–H and O–H groups in total. The molecule has 2 aromatic carbocycles. The quantitative estimate of drug-likeness (QED) is 0.727. The van der Waals surface area contributed by atoms with E-state index < -0.39 is 11.9 Å². The molecule has 0 saturated heterocycles. The first-order valence-electron chi connectivity index (χ1n) is 8.76. The van der Waals surface area contributed by atoms with Crippen molar-refractivity contribution in [2.45, 2.75) is 26.7 Å². The highest BCUT2D eigenvalue weighted by atomic mass is 16.5. The van der Waals surface area contributed by atoms with E-state index in [1.807, 2.05) is 13.8 Å². The first-order valence-corrected chi connectivity index (χ1v) is 8.76. The van der Waals surface area contributed by atoms with E-state index >= 15 is 0 Å². The molecule has 0 aliphatic rings. The van der Waals surface area contributed by atoms with Crippen molar-refractivity contribution in [2.75, 3.05) is 19.0 Å². The zero-order valence-electron chi connectivity index (χ0n) is 16.0. The summed E-state index contributed by atoms with van der Waals surface area (Å²) in [4.78, 5) is 23.9. The number of carboxylic acids is 1. The van der Waals surface area contributed by atoms with Crippen LogP contribution in [0.2, 0.25) is 0 Å². The van der Waals surface area contributed by atoms with Crippen LogP contribution in [0.15, 0.2) is 42.5 Å². The lowest BCUT2D eigenvalue weighted by Crippen LogP contribution is -2.15. The number of anilines is 1. The topological polar surface area (TPSA) is 84.9 Å². The van der Waals surface area contributed by atoms with Crippen molar-refractivity contribution in [3.63, 3.8) is 0 Å². The SMILES string of the molecule is COc1ccc(C(=O)Nc2cccc(C(C)C(=O)O)c2)c(OCC(C)C)c1. The number of nitrogens with one attached hydrogen (secondary N) is 1. The van der Waals surface area contributed by atoms with Crippen LogP contribution in [0.1, 0.15) is 42.6 Å². The van der Waals surface area contributed by atoms with Crippen LogP contribution in [-0.2, 0) is 4.79 Å². The number of amides is 1. The summed E-state index contributed by atoms with van der Waals surface area (Å²) in [6.07, 6.45) is 0. The first kappa shape index (κ1) is 20.3. The number of ether oxygens (including phenoxy) is 2. The molecule has 0 aliphatic heterocycles. The van der Waals surface area contributed by atoms with Gasteiger partial charge in [0.25, 0.3) is 5.91 Å². The highest BCUT2D eigenvalue weighted by molar-refractivity contribution is 6.06. The Kier molecular flexibility index (Phi) is 6.82. The van der Waals surface area contributed by atoms with Crippen LogP contribution in [0.25, 0.3) is 0 Å². The van der Waals surface area contributed by atoms with Crippen molar-refractivity contribution >= 4 is 17.6 Å². The molecule has 0 aliphatic carbocycles. The Labute approximate surface area is 159 Å². The largest absolute Gasteiger partial charge is 0.497 e. The fraction of sp³-hybridized carbons (Fsp3) is 0.333. The monoisotopic (exact) mass is 371 g/mol. The van der Waals surface area contributed by atoms with E-state index in [9.17, 15) is 9.59 Å². The van der Waals surface area contributed by atoms with Crippen molar-refractivity contribution < 1.29 is 24.2 Å². The van der Waals surface area contributed by atoms with E-state index in [0.717, 1.165) is 0 Å². The summed E-state index contributed by atoms with van der Waals surface area (Å²) in [6, 6.07) is 11.8. The lowest BCUT2D eigenvalue weighted by atomic mass is 10.0. The number of hydrogen-bond donors (Lipinski definition) is 2. The number of aliphatic carboxylic acids is 1. The molecule has 1 atom stereocenters. The highest BCUT2D eigenvalue weighted by Gasteiger charge is 2.17. The molecule has 0 radical (unpaired) electrons. The molecule has 1 amide bonds. The first-order chi connectivity index (χ1) is 12.8. The van der Waals surface area contributed by atoms with Crippen molar-refractivity contribution in [1.82, 2.24) is 0 Å². The van der Waals surface area contributed by atoms with Crippen molar-refractivity contribution in [3.05, 3.63) is 53.6 Å². The number of rotatable bonds is 8. The minimum Gasteiger partial charge on any atom is -0.497 e. The number of carboxylic acid groups (broad SMARTS) is 1. The summed E-state index contributed by atoms with van der Waals surface area (Å²) in [6.45, 7) is 6.12. The fourth-order valence-electron chi connectivity index (χ4n) is 2.42. The normalized spacial score (nSPS) is 11.7. The van der Waals surface area contributed by atoms with Gasteiger partial charge in [-0.2, -0.15) is 0 Å². The third kappa shape index (κ3) is 5.48. The van der Waals surface area contributed by atoms with E-state index in [0.29, 0.717) is 40.8 Å². The van der Waals surface area contributed by atoms with Gasteiger partial charge in [0.05, 0.1) is 25.2 Å². The van der Waals surface area contributed by atoms with E-state index in [2.05, 4.69) is 5.32 Å². The maximum absolute atomic E-state index is 12.7. The zero-order chi connectivity index (χ0) is 20.0. The standard InChI is InChI=1S/C21H25NO5/c1-13(2)12-27-19-11-17(26-4)8-9-18(19)20(23)22-16-7-5-6-15(10-16)14(3)21(24)25/h5-11,13-14H,12H2,1-4H3,(H,22,23)(H,24,25). The molecule has 27 heavy (non-hydrogen) atoms. The Morgan fingerprint density at radius 2 is 1.85 bits per heavy atom. The fourth-order valence-corrected chi connectivity index (χ4v) is 2.42. The predicted molar refractivity (Wildman–Crippen MR) is 104 cm³/mol. The smallest absolute Gasteiger partial charge is 0.310 e. The van der Waals surface area contributed by atoms with Crippen LogP contribution in [-0.4, -0.2) is 30.7 Å². The average molecular weight is 371 g/mol. The maximum atomic E-state index is 12.7. The van der Waals surface area contributed by atoms with Crippen LogP contribution in [0.3, 0.4) is 0 Å². The number of hydrogen-bond acceptors (Lipinski definition) is 4. The highest BCUT2D eigenvalue weighted by Crippen LogP contribution is 2.27. The predicted octanol–water partition coefficient (Wildman–Crippen LogP) is 4.17. The molecule has 0 saturated carbocycles. The summed E-state index contributed by atoms with van der Waals surface area (Å²) >= 11 is 0. The Bertz CT molecular complexity index is 816. The third-order valence-corrected chi connectivity index (χ3v) is 4.02. The summed E-state index contributed by atoms with van der Waals surface area (Å²) in [5.41, 5.74) is 1.52. The van der Waals surface area contributed by atoms with Crippen LogP contribution in [0.5, 0.6) is 11.5 Å². The van der Waals surface area contributed by atoms with Gasteiger partial charge in [0.2, 0.25) is 0 Å². The van der Waals surface area contributed by atoms with Crippen molar-refractivity contribution in [2.24, 2.45) is 5.92 Å². The van der Waals surface area contributed by atoms with Gasteiger partial charge in [-0.15, -0.1) is 0 Å². The van der Waals surface area contributed by atoms with Gasteiger partial charge in [0.15, 0.2) is 0 Å². The number of methoxy groups -OCH3 is 1. The molecule has 6 heteroatoms. The van der Waals surface area contributed by atoms with Gasteiger partial charge in [-0.25, -0.2) is 0 Å². The summed E-state index contributed by atoms with van der Waals surface area (Å²) in [7, 11) is 1.55. The molecule has 2 aromatic rings. The molecule has 0 spiro atoms. The molecule has 0 fully saturated rings. The van der Waals surface area contributed by atoms with Crippen LogP contribution < -0.4 is 14.8 Å². The van der Waals surface area contributed by atoms with Crippen LogP contribution in [0, 0.1) is 5.92 Å². The van der Waals surface area contributed by atoms with Gasteiger partial charge < -0.3 is 19.9 Å². The van der Waals surface area contributed by atoms with Crippen LogP contribution >= 0.6 is 0 Å². The van der Waals surface area contributed by atoms with Crippen molar-refractivity contribution in [1.29, 1.82) is 0 Å². The van der Waals surface area contributed by atoms with Gasteiger partial charge in [0, 0.05) is 11.8 Å². The second-order valence-corrected chi connectivity index (χ2v) is 6.71. The molecule has 0 aromatic heterocycles. The second-order valence-electron chi connectivity index (χ2n) is 6.71. The Morgan fingerprint density at radius 3 is 2.48 bits per heavy atom. The number of carbonyl (C=O) groups is 2. The van der Waals surface area contributed by atoms with Gasteiger partial charge in [0.1, 0.15) is 11.5 Å². The zero-order valence-corrected chi connectivity index (χ0v) is 16.0. The molecule has 0 bridgehead atoms. The lowest BCUT2D eigenvalue weighted by Gasteiger charge is -2.15. The van der Waals surface area contributed by atoms with E-state index in [1.54, 1.807) is 56.5 Å². The van der Waals surface area contributed by atoms with Gasteiger partial charge in [-0.05, 0) is 42.7 Å². The van der Waals surface area contributed by atoms with Crippen molar-refractivity contribution in [3.8, 4) is 11.5 Å². The minimum absolute atomic E-state index is 0.307. The Balaban J connectivity index is 2.25. The molecular weight excluding hydrogens is 346 g/mol. The molecule has 2 rings (SSSR count). The maximum Gasteiger partial charge on any atom is 0.310 e. The molecule has 0 heterocycles. The molecule has 144 valence electrons. The summed E-state index contributed by atoms with van der Waals surface area (Å²) in [5.74, 6) is -0.568. The molecule has 6 nitrogen and oxygen atoms in total. The second kappa shape index (κ2) is 9.07. The van der Waals surface area contributed by atoms with E-state index in [1.165, 1.54) is 0 Å². The van der Waals surface area contributed by atoms with Gasteiger partial charge >= 0.3 is 5.97 Å². The average Bonchev–Trinajstić information content (AvgIpc) is 2.65. The van der Waals surface area contributed by atoms with E-state index in [-0.39, 0.29) is 5.91 Å². The summed E-state index contributed by atoms with van der Waals surface area (Å²) in [5, 5.41) is 12.0. The van der Waals surface area contributed by atoms with Crippen LogP contribution in [0.4, 0.5) is 5.69 Å². The third-order valence-electron chi connectivity index (χ3n) is 4.02. The Hall–Kier alpha value is -3.02. The number of benzene rings is 2. The lowest BCUT2D eigenvalue weighted by molar-refractivity contribution is -0.138.